The molecular weight excluding hydrogens is 1000 g/mol. The Labute approximate surface area is 461 Å². The summed E-state index contributed by atoms with van der Waals surface area (Å²) in [7, 11) is 0. The van der Waals surface area contributed by atoms with Gasteiger partial charge in [0.15, 0.2) is 5.72 Å². The molecule has 18 heteroatoms. The lowest BCUT2D eigenvalue weighted by molar-refractivity contribution is -0.156. The molecule has 14 atom stereocenters. The van der Waals surface area contributed by atoms with Crippen molar-refractivity contribution in [1.29, 1.82) is 0 Å². The summed E-state index contributed by atoms with van der Waals surface area (Å²) < 4.78 is 20.7. The van der Waals surface area contributed by atoms with Gasteiger partial charge in [-0.3, -0.25) is 29.0 Å². The van der Waals surface area contributed by atoms with Crippen LogP contribution in [0.15, 0.2) is 78.0 Å². The molecule has 0 radical (unpaired) electrons. The Morgan fingerprint density at radius 2 is 1.68 bits per heavy atom. The molecule has 0 aliphatic carbocycles. The van der Waals surface area contributed by atoms with Crippen molar-refractivity contribution in [3.8, 4) is 5.75 Å². The van der Waals surface area contributed by atoms with Gasteiger partial charge in [0.25, 0.3) is 5.91 Å². The molecular formula is C60H90FN5O12. The van der Waals surface area contributed by atoms with Crippen LogP contribution < -0.4 is 21.4 Å². The minimum atomic E-state index is -1.47. The van der Waals surface area contributed by atoms with Crippen molar-refractivity contribution >= 4 is 35.4 Å². The smallest absolute Gasteiger partial charge is 0.325 e. The first-order valence-corrected chi connectivity index (χ1v) is 28.1. The lowest BCUT2D eigenvalue weighted by Gasteiger charge is -2.42. The van der Waals surface area contributed by atoms with E-state index >= 15 is 0 Å². The highest BCUT2D eigenvalue weighted by atomic mass is 19.1. The second-order valence-electron chi connectivity index (χ2n) is 22.7. The number of hydrogen-bond donors (Lipinski definition) is 9. The lowest BCUT2D eigenvalue weighted by Crippen LogP contribution is -2.62. The highest BCUT2D eigenvalue weighted by Crippen LogP contribution is 2.35. The van der Waals surface area contributed by atoms with Crippen molar-refractivity contribution in [2.75, 3.05) is 6.54 Å². The van der Waals surface area contributed by atoms with E-state index in [0.717, 1.165) is 18.6 Å². The number of hydrogen-bond acceptors (Lipinski definition) is 13. The number of benzene rings is 1. The van der Waals surface area contributed by atoms with Crippen LogP contribution in [-0.4, -0.2) is 121 Å². The summed E-state index contributed by atoms with van der Waals surface area (Å²) in [5.41, 5.74) is 3.16. The Morgan fingerprint density at radius 3 is 2.35 bits per heavy atom. The van der Waals surface area contributed by atoms with E-state index in [4.69, 9.17) is 4.74 Å². The first-order chi connectivity index (χ1) is 36.7. The minimum absolute atomic E-state index is 0.0152. The zero-order chi connectivity index (χ0) is 58.0. The van der Waals surface area contributed by atoms with Crippen LogP contribution in [0.1, 0.15) is 145 Å². The Bertz CT molecular complexity index is 2350. The van der Waals surface area contributed by atoms with Gasteiger partial charge in [0.05, 0.1) is 24.2 Å². The molecule has 0 spiro atoms. The first kappa shape index (κ1) is 65.0. The van der Waals surface area contributed by atoms with Gasteiger partial charge in [0.1, 0.15) is 41.6 Å². The van der Waals surface area contributed by atoms with Gasteiger partial charge in [0.2, 0.25) is 17.7 Å². The first-order valence-electron chi connectivity index (χ1n) is 28.1. The topological polar surface area (TPSA) is 264 Å². The fraction of sp³-hybridized carbons (Fsp3) is 0.633. The molecule has 3 heterocycles. The number of Topliss-reactive ketones (excluding diaryl/α,β-unsaturated/α-hetero) is 1. The number of amides is 4. The normalized spacial score (nSPS) is 30.8. The summed E-state index contributed by atoms with van der Waals surface area (Å²) in [6.45, 7) is 18.0. The van der Waals surface area contributed by atoms with Gasteiger partial charge < -0.3 is 51.0 Å². The standard InChI is InChI=1S/C60H90FN5O12/c1-11-44-30-40(8)60(77,64-55(44)72)39(7)29-36(4)24-27-50(69)37(5)19-14-12-15-20-38(6)52-23-17-13-16-22-51(70)42(10)54(71)47(26-25-41(9)67)56(73)63-53(35(2)3)57(74)62-49(33-43-31-45(61)34-46(68)32-43)58(75)66-28-18-21-48(65-66)59(76)78-52/h12-13,15-17,20,22,29,31-32,34-37,40,42,44,47-54,65,68-71,77H,11,14,18-19,21,23-28,30,33H2,1-10H3,(H,62,74)(H,63,73)(H,64,72)/b15-12+,17-13+,22-16+,38-20+,39-29-/t36?,37?,40-,42?,44-,47+,48?,49?,50?,51-,52-,53?,54?,60-/m0/s1. The third-order valence-corrected chi connectivity index (χ3v) is 15.8. The Balaban J connectivity index is 1.54. The van der Waals surface area contributed by atoms with Crippen LogP contribution >= 0.6 is 0 Å². The summed E-state index contributed by atoms with van der Waals surface area (Å²) in [5.74, 6) is -7.31. The summed E-state index contributed by atoms with van der Waals surface area (Å²) in [4.78, 5) is 81.5. The average molecular weight is 1090 g/mol. The van der Waals surface area contributed by atoms with Crippen molar-refractivity contribution in [1.82, 2.24) is 26.4 Å². The number of phenolic OH excluding ortho intramolecular Hbond substituents is 1. The van der Waals surface area contributed by atoms with Gasteiger partial charge in [-0.25, -0.2) is 9.82 Å². The number of ether oxygens (including phenoxy) is 1. The second-order valence-corrected chi connectivity index (χ2v) is 22.7. The van der Waals surface area contributed by atoms with Crippen molar-refractivity contribution in [2.24, 2.45) is 41.4 Å². The molecule has 8 unspecified atom stereocenters. The quantitative estimate of drug-likeness (QED) is 0.0434. The van der Waals surface area contributed by atoms with Crippen LogP contribution in [0.3, 0.4) is 0 Å². The van der Waals surface area contributed by atoms with E-state index in [2.05, 4.69) is 21.4 Å². The number of nitrogens with one attached hydrogen (secondary N) is 4. The van der Waals surface area contributed by atoms with Gasteiger partial charge in [-0.2, -0.15) is 0 Å². The molecule has 9 N–H and O–H groups in total. The van der Waals surface area contributed by atoms with Gasteiger partial charge >= 0.3 is 5.97 Å². The summed E-state index contributed by atoms with van der Waals surface area (Å²) in [6, 6.07) is -0.377. The number of aliphatic hydroxyl groups excluding tert-OH is 3. The number of fused-ring (bicyclic) bond motifs is 2. The number of ketones is 1. The second kappa shape index (κ2) is 30.7. The molecule has 1 aromatic rings. The molecule has 1 aromatic carbocycles. The minimum Gasteiger partial charge on any atom is -0.508 e. The van der Waals surface area contributed by atoms with Gasteiger partial charge in [-0.1, -0.05) is 97.1 Å². The van der Waals surface area contributed by atoms with Crippen molar-refractivity contribution in [3.63, 3.8) is 0 Å². The number of esters is 1. The Hall–Kier alpha value is -5.53. The molecule has 434 valence electrons. The van der Waals surface area contributed by atoms with Crippen molar-refractivity contribution < 1.29 is 63.4 Å². The number of allylic oxidation sites excluding steroid dienone is 6. The number of halogens is 1. The highest BCUT2D eigenvalue weighted by molar-refractivity contribution is 5.93. The highest BCUT2D eigenvalue weighted by Gasteiger charge is 2.44. The third-order valence-electron chi connectivity index (χ3n) is 15.8. The molecule has 2 fully saturated rings. The van der Waals surface area contributed by atoms with Crippen LogP contribution in [0.25, 0.3) is 0 Å². The lowest BCUT2D eigenvalue weighted by atomic mass is 9.77. The average Bonchev–Trinajstić information content (AvgIpc) is 3.38. The largest absolute Gasteiger partial charge is 0.508 e. The van der Waals surface area contributed by atoms with Crippen LogP contribution in [0.4, 0.5) is 4.39 Å². The molecule has 4 rings (SSSR count). The van der Waals surface area contributed by atoms with E-state index in [-0.39, 0.29) is 73.2 Å². The van der Waals surface area contributed by atoms with Gasteiger partial charge in [0, 0.05) is 49.6 Å². The van der Waals surface area contributed by atoms with Crippen LogP contribution in [-0.2, 0) is 39.9 Å². The summed E-state index contributed by atoms with van der Waals surface area (Å²) in [5, 5.41) is 65.1. The maximum Gasteiger partial charge on any atom is 0.325 e. The monoisotopic (exact) mass is 1090 g/mol. The van der Waals surface area contributed by atoms with E-state index in [0.29, 0.717) is 56.1 Å². The maximum absolute atomic E-state index is 14.6. The van der Waals surface area contributed by atoms with E-state index in [9.17, 15) is 58.7 Å². The number of cyclic esters (lactones) is 1. The fourth-order valence-corrected chi connectivity index (χ4v) is 10.4. The Morgan fingerprint density at radius 1 is 0.962 bits per heavy atom. The maximum atomic E-state index is 14.6. The predicted octanol–water partition coefficient (Wildman–Crippen LogP) is 6.48. The molecule has 4 amide bonds. The molecule has 78 heavy (non-hydrogen) atoms. The number of nitrogens with zero attached hydrogens (tertiary/aromatic N) is 1. The number of aromatic hydroxyl groups is 1. The van der Waals surface area contributed by atoms with Crippen molar-refractivity contribution in [3.05, 3.63) is 89.3 Å². The number of hydrazine groups is 1. The van der Waals surface area contributed by atoms with Gasteiger partial charge in [-0.05, 0) is 125 Å². The van der Waals surface area contributed by atoms with E-state index in [1.807, 2.05) is 65.8 Å². The van der Waals surface area contributed by atoms with Crippen LogP contribution in [0.5, 0.6) is 5.75 Å². The Kier molecular flexibility index (Phi) is 25.6. The number of rotatable bonds is 18. The van der Waals surface area contributed by atoms with Crippen LogP contribution in [0.2, 0.25) is 0 Å². The number of piperidine rings is 1. The van der Waals surface area contributed by atoms with Crippen LogP contribution in [0, 0.1) is 47.2 Å². The van der Waals surface area contributed by atoms with E-state index in [1.165, 1.54) is 24.1 Å². The summed E-state index contributed by atoms with van der Waals surface area (Å²) in [6.07, 6.45) is 14.4. The molecule has 2 saturated heterocycles. The number of carbonyl (C=O) groups is 6. The van der Waals surface area contributed by atoms with E-state index < -0.39 is 101 Å². The fourth-order valence-electron chi connectivity index (χ4n) is 10.4. The third kappa shape index (κ3) is 19.1. The van der Waals surface area contributed by atoms with Gasteiger partial charge in [-0.15, -0.1) is 0 Å². The van der Waals surface area contributed by atoms with Crippen molar-refractivity contribution in [2.45, 2.75) is 195 Å². The summed E-state index contributed by atoms with van der Waals surface area (Å²) >= 11 is 0. The SMILES string of the molecule is CC[C@H]1C[C@H](C)[C@@](O)(/C(C)=C\C(C)CCC(O)C(C)CC/C=C/C=C(\C)[C@@H]2C/C=C/C=C/[C@H](O)C(C)C(O)[C@@H](CCC(C)=O)C(=O)NC(C(C)C)C(=O)NC(Cc3cc(O)cc(F)c3)C(=O)N3CCCC(N3)C(=O)O2)NC1=O. The molecule has 0 aromatic heterocycles. The molecule has 3 aliphatic heterocycles. The molecule has 17 nitrogen and oxygen atoms in total. The number of aliphatic hydroxyl groups is 4. The number of phenols is 1. The number of carbonyl (C=O) groups excluding carboxylic acids is 6. The molecule has 2 bridgehead atoms. The molecule has 0 saturated carbocycles. The predicted molar refractivity (Wildman–Crippen MR) is 296 cm³/mol. The molecule has 3 aliphatic rings. The van der Waals surface area contributed by atoms with E-state index in [1.54, 1.807) is 39.0 Å². The zero-order valence-corrected chi connectivity index (χ0v) is 47.5. The zero-order valence-electron chi connectivity index (χ0n) is 47.5.